The number of aromatic nitrogens is 4. The molecule has 2 aromatic heterocycles. The zero-order chi connectivity index (χ0) is 17.9. The van der Waals surface area contributed by atoms with Crippen molar-refractivity contribution in [3.05, 3.63) is 66.2 Å². The molecule has 0 aliphatic carbocycles. The van der Waals surface area contributed by atoms with Crippen LogP contribution in [0.4, 0.5) is 4.39 Å². The number of para-hydroxylation sites is 1. The Bertz CT molecular complexity index is 1080. The molecule has 1 amide bonds. The summed E-state index contributed by atoms with van der Waals surface area (Å²) in [6.45, 7) is 0.354. The molecule has 0 fully saturated rings. The number of carbonyl (C=O) groups is 1. The number of fused-ring (bicyclic) bond motifs is 3. The predicted molar refractivity (Wildman–Crippen MR) is 97.3 cm³/mol. The number of rotatable bonds is 5. The number of hydrogen-bond acceptors (Lipinski definition) is 5. The van der Waals surface area contributed by atoms with Gasteiger partial charge in [-0.3, -0.25) is 4.79 Å². The Morgan fingerprint density at radius 1 is 1.15 bits per heavy atom. The highest BCUT2D eigenvalue weighted by molar-refractivity contribution is 7.99. The Labute approximate surface area is 152 Å². The molecule has 8 heteroatoms. The van der Waals surface area contributed by atoms with E-state index < -0.39 is 0 Å². The van der Waals surface area contributed by atoms with Crippen LogP contribution in [-0.2, 0) is 11.3 Å². The van der Waals surface area contributed by atoms with Crippen molar-refractivity contribution in [2.24, 2.45) is 0 Å². The van der Waals surface area contributed by atoms with Crippen LogP contribution in [0.2, 0.25) is 0 Å². The molecule has 26 heavy (non-hydrogen) atoms. The van der Waals surface area contributed by atoms with E-state index in [2.05, 4.69) is 20.4 Å². The van der Waals surface area contributed by atoms with Gasteiger partial charge in [-0.2, -0.15) is 0 Å². The van der Waals surface area contributed by atoms with Crippen molar-refractivity contribution in [1.29, 1.82) is 0 Å². The van der Waals surface area contributed by atoms with E-state index in [0.717, 1.165) is 16.5 Å². The Balaban J connectivity index is 1.40. The summed E-state index contributed by atoms with van der Waals surface area (Å²) < 4.78 is 14.5. The molecular weight excluding hydrogens is 353 g/mol. The van der Waals surface area contributed by atoms with Crippen LogP contribution in [0.25, 0.3) is 16.6 Å². The van der Waals surface area contributed by atoms with Crippen molar-refractivity contribution in [1.82, 2.24) is 24.9 Å². The van der Waals surface area contributed by atoms with Gasteiger partial charge in [-0.25, -0.2) is 18.9 Å². The fourth-order valence-corrected chi connectivity index (χ4v) is 3.16. The summed E-state index contributed by atoms with van der Waals surface area (Å²) in [5.41, 5.74) is 2.40. The lowest BCUT2D eigenvalue weighted by molar-refractivity contribution is -0.118. The summed E-state index contributed by atoms with van der Waals surface area (Å²) in [5.74, 6) is -0.236. The number of thioether (sulfide) groups is 1. The van der Waals surface area contributed by atoms with Crippen LogP contribution in [-0.4, -0.2) is 31.2 Å². The first-order chi connectivity index (χ1) is 12.7. The second-order valence-corrected chi connectivity index (χ2v) is 6.56. The average Bonchev–Trinajstić information content (AvgIpc) is 3.09. The van der Waals surface area contributed by atoms with Crippen molar-refractivity contribution in [3.63, 3.8) is 0 Å². The minimum atomic E-state index is -0.296. The van der Waals surface area contributed by atoms with Gasteiger partial charge in [-0.15, -0.1) is 5.10 Å². The number of benzene rings is 2. The van der Waals surface area contributed by atoms with Gasteiger partial charge in [0.15, 0.2) is 5.65 Å². The third-order valence-electron chi connectivity index (χ3n) is 3.80. The van der Waals surface area contributed by atoms with E-state index in [9.17, 15) is 9.18 Å². The van der Waals surface area contributed by atoms with E-state index in [-0.39, 0.29) is 17.5 Å². The van der Waals surface area contributed by atoms with Gasteiger partial charge < -0.3 is 5.32 Å². The summed E-state index contributed by atoms with van der Waals surface area (Å²) in [4.78, 5) is 20.8. The molecule has 4 aromatic rings. The van der Waals surface area contributed by atoms with Crippen molar-refractivity contribution in [2.45, 2.75) is 11.7 Å². The predicted octanol–water partition coefficient (Wildman–Crippen LogP) is 2.83. The number of carbonyl (C=O) groups excluding carboxylic acids is 1. The Morgan fingerprint density at radius 3 is 2.81 bits per heavy atom. The first kappa shape index (κ1) is 16.5. The number of nitrogens with zero attached hydrogens (tertiary/aromatic N) is 4. The monoisotopic (exact) mass is 367 g/mol. The summed E-state index contributed by atoms with van der Waals surface area (Å²) in [6, 6.07) is 13.7. The summed E-state index contributed by atoms with van der Waals surface area (Å²) >= 11 is 1.26. The maximum Gasteiger partial charge on any atom is 0.230 e. The first-order valence-corrected chi connectivity index (χ1v) is 8.92. The molecule has 0 saturated heterocycles. The number of amides is 1. The fraction of sp³-hybridized carbons (Fsp3) is 0.111. The maximum absolute atomic E-state index is 12.9. The van der Waals surface area contributed by atoms with E-state index in [4.69, 9.17) is 0 Å². The Hall–Kier alpha value is -3.00. The van der Waals surface area contributed by atoms with Crippen molar-refractivity contribution < 1.29 is 9.18 Å². The molecule has 0 saturated carbocycles. The molecule has 0 aliphatic rings. The van der Waals surface area contributed by atoms with Gasteiger partial charge in [0.1, 0.15) is 12.1 Å². The number of nitrogens with one attached hydrogen (secondary N) is 1. The van der Waals surface area contributed by atoms with E-state index in [0.29, 0.717) is 17.3 Å². The van der Waals surface area contributed by atoms with Crippen molar-refractivity contribution >= 4 is 34.2 Å². The molecule has 6 nitrogen and oxygen atoms in total. The Kier molecular flexibility index (Phi) is 4.49. The van der Waals surface area contributed by atoms with E-state index >= 15 is 0 Å². The van der Waals surface area contributed by atoms with Crippen LogP contribution in [0.5, 0.6) is 0 Å². The minimum Gasteiger partial charge on any atom is -0.351 e. The van der Waals surface area contributed by atoms with Gasteiger partial charge in [0, 0.05) is 11.9 Å². The molecular formula is C18H14FN5OS. The minimum absolute atomic E-state index is 0.138. The lowest BCUT2D eigenvalue weighted by Crippen LogP contribution is -2.24. The first-order valence-electron chi connectivity index (χ1n) is 7.93. The van der Waals surface area contributed by atoms with Crippen LogP contribution in [0, 0.1) is 5.82 Å². The van der Waals surface area contributed by atoms with Crippen LogP contribution in [0.15, 0.2) is 60.0 Å². The summed E-state index contributed by atoms with van der Waals surface area (Å²) in [7, 11) is 0. The molecule has 2 aromatic carbocycles. The van der Waals surface area contributed by atoms with E-state index in [1.54, 1.807) is 23.0 Å². The summed E-state index contributed by atoms with van der Waals surface area (Å²) in [5, 5.41) is 8.57. The molecule has 1 N–H and O–H groups in total. The van der Waals surface area contributed by atoms with Gasteiger partial charge in [0.05, 0.1) is 11.3 Å². The molecule has 4 rings (SSSR count). The maximum atomic E-state index is 12.9. The highest BCUT2D eigenvalue weighted by Gasteiger charge is 2.10. The van der Waals surface area contributed by atoms with Crippen molar-refractivity contribution in [2.75, 3.05) is 5.75 Å². The van der Waals surface area contributed by atoms with Gasteiger partial charge in [-0.05, 0) is 29.8 Å². The quantitative estimate of drug-likeness (QED) is 0.549. The van der Waals surface area contributed by atoms with Gasteiger partial charge in [0.25, 0.3) is 0 Å². The highest BCUT2D eigenvalue weighted by atomic mass is 32.2. The van der Waals surface area contributed by atoms with Crippen molar-refractivity contribution in [3.8, 4) is 0 Å². The number of halogens is 1. The smallest absolute Gasteiger partial charge is 0.230 e. The molecule has 2 heterocycles. The normalized spacial score (nSPS) is 11.1. The third kappa shape index (κ3) is 3.50. The SMILES string of the molecule is O=C(CSc1nc2c3ccccc3ncn2n1)NCc1ccc(F)cc1. The third-order valence-corrected chi connectivity index (χ3v) is 4.64. The largest absolute Gasteiger partial charge is 0.351 e. The highest BCUT2D eigenvalue weighted by Crippen LogP contribution is 2.19. The average molecular weight is 367 g/mol. The molecule has 0 unspecified atom stereocenters. The van der Waals surface area contributed by atoms with Gasteiger partial charge in [0.2, 0.25) is 11.1 Å². The van der Waals surface area contributed by atoms with Crippen LogP contribution in [0.3, 0.4) is 0 Å². The van der Waals surface area contributed by atoms with Gasteiger partial charge >= 0.3 is 0 Å². The summed E-state index contributed by atoms with van der Waals surface area (Å²) in [6.07, 6.45) is 1.61. The fourth-order valence-electron chi connectivity index (χ4n) is 2.51. The number of hydrogen-bond donors (Lipinski definition) is 1. The van der Waals surface area contributed by atoms with Crippen LogP contribution < -0.4 is 5.32 Å². The van der Waals surface area contributed by atoms with E-state index in [1.165, 1.54) is 23.9 Å². The van der Waals surface area contributed by atoms with Crippen LogP contribution in [0.1, 0.15) is 5.56 Å². The second-order valence-electron chi connectivity index (χ2n) is 5.62. The second kappa shape index (κ2) is 7.09. The lowest BCUT2D eigenvalue weighted by Gasteiger charge is -2.04. The van der Waals surface area contributed by atoms with Gasteiger partial charge in [-0.1, -0.05) is 36.0 Å². The molecule has 0 bridgehead atoms. The molecule has 0 spiro atoms. The van der Waals surface area contributed by atoms with Crippen LogP contribution >= 0.6 is 11.8 Å². The molecule has 0 aliphatic heterocycles. The molecule has 0 radical (unpaired) electrons. The zero-order valence-corrected chi connectivity index (χ0v) is 14.4. The topological polar surface area (TPSA) is 72.2 Å². The van der Waals surface area contributed by atoms with E-state index in [1.807, 2.05) is 24.3 Å². The zero-order valence-electron chi connectivity index (χ0n) is 13.6. The standard InChI is InChI=1S/C18H14FN5OS/c19-13-7-5-12(6-8-13)9-20-16(25)10-26-18-22-17-14-3-1-2-4-15(14)21-11-24(17)23-18/h1-8,11H,9-10H2,(H,20,25). The Morgan fingerprint density at radius 2 is 1.96 bits per heavy atom. The molecule has 0 atom stereocenters. The molecule has 130 valence electrons. The lowest BCUT2D eigenvalue weighted by atomic mass is 10.2.